The predicted octanol–water partition coefficient (Wildman–Crippen LogP) is 2.56. The van der Waals surface area contributed by atoms with Gasteiger partial charge in [-0.25, -0.2) is 4.98 Å². The second kappa shape index (κ2) is 4.69. The van der Waals surface area contributed by atoms with Gasteiger partial charge in [0.2, 0.25) is 0 Å². The van der Waals surface area contributed by atoms with E-state index >= 15 is 0 Å². The molecule has 0 atom stereocenters. The van der Waals surface area contributed by atoms with E-state index in [9.17, 15) is 0 Å². The third-order valence-corrected chi connectivity index (χ3v) is 2.86. The number of hydrogen-bond donors (Lipinski definition) is 1. The summed E-state index contributed by atoms with van der Waals surface area (Å²) in [5, 5.41) is 0. The molecule has 0 amide bonds. The molecule has 0 aliphatic heterocycles. The van der Waals surface area contributed by atoms with Crippen LogP contribution in [0.2, 0.25) is 0 Å². The predicted molar refractivity (Wildman–Crippen MR) is 60.8 cm³/mol. The zero-order chi connectivity index (χ0) is 9.26. The number of nitrogens with zero attached hydrogens (tertiary/aromatic N) is 2. The quantitative estimate of drug-likeness (QED) is 0.824. The van der Waals surface area contributed by atoms with Crippen molar-refractivity contribution in [2.75, 3.05) is 5.73 Å². The van der Waals surface area contributed by atoms with Gasteiger partial charge in [0.25, 0.3) is 0 Å². The Morgan fingerprint density at radius 3 is 2.71 bits per heavy atom. The van der Waals surface area contributed by atoms with Crippen LogP contribution in [0.1, 0.15) is 44.5 Å². The molecule has 0 spiro atoms. The summed E-state index contributed by atoms with van der Waals surface area (Å²) in [6, 6.07) is 0.666. The van der Waals surface area contributed by atoms with Gasteiger partial charge in [-0.3, -0.25) is 0 Å². The van der Waals surface area contributed by atoms with Crippen molar-refractivity contribution in [1.82, 2.24) is 9.55 Å². The fourth-order valence-electron chi connectivity index (χ4n) is 2.21. The molecule has 2 rings (SSSR count). The van der Waals surface area contributed by atoms with Gasteiger partial charge in [0, 0.05) is 18.7 Å². The van der Waals surface area contributed by atoms with Gasteiger partial charge in [0.1, 0.15) is 11.6 Å². The molecule has 0 aromatic carbocycles. The van der Waals surface area contributed by atoms with E-state index in [0.717, 1.165) is 12.2 Å². The second-order valence-electron chi connectivity index (χ2n) is 3.78. The minimum absolute atomic E-state index is 0. The lowest BCUT2D eigenvalue weighted by Crippen LogP contribution is -2.07. The molecule has 2 N–H and O–H groups in total. The van der Waals surface area contributed by atoms with Crippen LogP contribution in [0.5, 0.6) is 0 Å². The zero-order valence-electron chi connectivity index (χ0n) is 8.57. The van der Waals surface area contributed by atoms with Crippen molar-refractivity contribution >= 4 is 18.2 Å². The van der Waals surface area contributed by atoms with Gasteiger partial charge in [-0.1, -0.05) is 19.8 Å². The third-order valence-electron chi connectivity index (χ3n) is 2.86. The highest BCUT2D eigenvalue weighted by Gasteiger charge is 2.19. The average Bonchev–Trinajstić information content (AvgIpc) is 2.71. The molecule has 1 saturated carbocycles. The van der Waals surface area contributed by atoms with Crippen LogP contribution in [0, 0.1) is 0 Å². The zero-order valence-corrected chi connectivity index (χ0v) is 9.39. The molecule has 1 aromatic heterocycles. The molecule has 14 heavy (non-hydrogen) atoms. The van der Waals surface area contributed by atoms with E-state index in [1.807, 2.05) is 6.20 Å². The summed E-state index contributed by atoms with van der Waals surface area (Å²) >= 11 is 0. The van der Waals surface area contributed by atoms with Crippen LogP contribution in [-0.2, 0) is 6.42 Å². The van der Waals surface area contributed by atoms with Gasteiger partial charge in [-0.2, -0.15) is 0 Å². The van der Waals surface area contributed by atoms with Gasteiger partial charge < -0.3 is 10.3 Å². The van der Waals surface area contributed by atoms with E-state index in [1.54, 1.807) is 0 Å². The SMILES string of the molecule is CCc1nc(N)cn1C1CCCC1.Cl. The number of hydrogen-bond acceptors (Lipinski definition) is 2. The van der Waals surface area contributed by atoms with Crippen molar-refractivity contribution in [1.29, 1.82) is 0 Å². The minimum Gasteiger partial charge on any atom is -0.382 e. The Bertz CT molecular complexity index is 290. The maximum Gasteiger partial charge on any atom is 0.141 e. The summed E-state index contributed by atoms with van der Waals surface area (Å²) < 4.78 is 2.28. The molecule has 80 valence electrons. The van der Waals surface area contributed by atoms with E-state index in [4.69, 9.17) is 5.73 Å². The first kappa shape index (κ1) is 11.4. The van der Waals surface area contributed by atoms with E-state index < -0.39 is 0 Å². The molecule has 0 bridgehead atoms. The van der Waals surface area contributed by atoms with Crippen LogP contribution in [0.25, 0.3) is 0 Å². The van der Waals surface area contributed by atoms with Gasteiger partial charge in [0.05, 0.1) is 0 Å². The van der Waals surface area contributed by atoms with Crippen molar-refractivity contribution in [2.24, 2.45) is 0 Å². The van der Waals surface area contributed by atoms with Crippen LogP contribution in [-0.4, -0.2) is 9.55 Å². The summed E-state index contributed by atoms with van der Waals surface area (Å²) in [6.07, 6.45) is 8.27. The number of rotatable bonds is 2. The van der Waals surface area contributed by atoms with Crippen LogP contribution in [0.4, 0.5) is 5.82 Å². The van der Waals surface area contributed by atoms with E-state index in [0.29, 0.717) is 11.9 Å². The lowest BCUT2D eigenvalue weighted by molar-refractivity contribution is 0.499. The highest BCUT2D eigenvalue weighted by Crippen LogP contribution is 2.31. The lowest BCUT2D eigenvalue weighted by Gasteiger charge is -2.13. The molecule has 1 aromatic rings. The van der Waals surface area contributed by atoms with Crippen LogP contribution in [0.15, 0.2) is 6.20 Å². The summed E-state index contributed by atoms with van der Waals surface area (Å²) in [7, 11) is 0. The van der Waals surface area contributed by atoms with Crippen molar-refractivity contribution in [3.63, 3.8) is 0 Å². The number of aromatic nitrogens is 2. The van der Waals surface area contributed by atoms with Crippen molar-refractivity contribution in [3.05, 3.63) is 12.0 Å². The van der Waals surface area contributed by atoms with Gasteiger partial charge in [-0.15, -0.1) is 12.4 Å². The van der Waals surface area contributed by atoms with Crippen LogP contribution >= 0.6 is 12.4 Å². The number of anilines is 1. The lowest BCUT2D eigenvalue weighted by atomic mass is 10.2. The maximum atomic E-state index is 5.69. The molecular formula is C10H18ClN3. The number of aryl methyl sites for hydroxylation is 1. The largest absolute Gasteiger partial charge is 0.382 e. The normalized spacial score (nSPS) is 16.9. The summed E-state index contributed by atoms with van der Waals surface area (Å²) in [5.41, 5.74) is 5.69. The Morgan fingerprint density at radius 1 is 1.50 bits per heavy atom. The van der Waals surface area contributed by atoms with Gasteiger partial charge in [-0.05, 0) is 12.8 Å². The van der Waals surface area contributed by atoms with E-state index in [-0.39, 0.29) is 12.4 Å². The monoisotopic (exact) mass is 215 g/mol. The van der Waals surface area contributed by atoms with Crippen LogP contribution in [0.3, 0.4) is 0 Å². The second-order valence-corrected chi connectivity index (χ2v) is 3.78. The Kier molecular flexibility index (Phi) is 3.81. The summed E-state index contributed by atoms with van der Waals surface area (Å²) in [4.78, 5) is 4.31. The molecule has 0 unspecified atom stereocenters. The van der Waals surface area contributed by atoms with Crippen molar-refractivity contribution in [3.8, 4) is 0 Å². The average molecular weight is 216 g/mol. The summed E-state index contributed by atoms with van der Waals surface area (Å²) in [5.74, 6) is 1.81. The highest BCUT2D eigenvalue weighted by molar-refractivity contribution is 5.85. The highest BCUT2D eigenvalue weighted by atomic mass is 35.5. The fraction of sp³-hybridized carbons (Fsp3) is 0.700. The summed E-state index contributed by atoms with van der Waals surface area (Å²) in [6.45, 7) is 2.13. The first-order chi connectivity index (χ1) is 6.31. The Morgan fingerprint density at radius 2 is 2.14 bits per heavy atom. The number of nitrogens with two attached hydrogens (primary N) is 1. The van der Waals surface area contributed by atoms with Gasteiger partial charge in [0.15, 0.2) is 0 Å². The molecule has 1 aliphatic carbocycles. The molecule has 1 aliphatic rings. The van der Waals surface area contributed by atoms with Crippen molar-refractivity contribution < 1.29 is 0 Å². The molecule has 1 heterocycles. The standard InChI is InChI=1S/C10H17N3.ClH/c1-2-10-12-9(11)7-13(10)8-5-3-4-6-8;/h7-8H,2-6,11H2,1H3;1H. The molecule has 0 radical (unpaired) electrons. The minimum atomic E-state index is 0. The van der Waals surface area contributed by atoms with Crippen molar-refractivity contribution in [2.45, 2.75) is 45.1 Å². The van der Waals surface area contributed by atoms with E-state index in [1.165, 1.54) is 25.7 Å². The Balaban J connectivity index is 0.000000980. The maximum absolute atomic E-state index is 5.69. The topological polar surface area (TPSA) is 43.8 Å². The first-order valence-electron chi connectivity index (χ1n) is 5.14. The molecular weight excluding hydrogens is 198 g/mol. The Hall–Kier alpha value is -0.700. The number of imidazole rings is 1. The van der Waals surface area contributed by atoms with Gasteiger partial charge >= 0.3 is 0 Å². The Labute approximate surface area is 91.1 Å². The molecule has 1 fully saturated rings. The number of halogens is 1. The van der Waals surface area contributed by atoms with Crippen LogP contribution < -0.4 is 5.73 Å². The smallest absolute Gasteiger partial charge is 0.141 e. The molecule has 3 nitrogen and oxygen atoms in total. The first-order valence-corrected chi connectivity index (χ1v) is 5.14. The molecule has 4 heteroatoms. The number of nitrogen functional groups attached to an aromatic ring is 1. The third kappa shape index (κ3) is 2.03. The van der Waals surface area contributed by atoms with E-state index in [2.05, 4.69) is 16.5 Å². The fourth-order valence-corrected chi connectivity index (χ4v) is 2.21. The molecule has 0 saturated heterocycles.